The zero-order valence-electron chi connectivity index (χ0n) is 7.92. The highest BCUT2D eigenvalue weighted by molar-refractivity contribution is 7.99. The van der Waals surface area contributed by atoms with Gasteiger partial charge < -0.3 is 20.3 Å². The van der Waals surface area contributed by atoms with Crippen molar-refractivity contribution >= 4 is 17.7 Å². The fourth-order valence-electron chi connectivity index (χ4n) is 1.55. The molecule has 4 nitrogen and oxygen atoms in total. The van der Waals surface area contributed by atoms with E-state index in [2.05, 4.69) is 0 Å². The summed E-state index contributed by atoms with van der Waals surface area (Å²) in [5, 5.41) is 21.6. The summed E-state index contributed by atoms with van der Waals surface area (Å²) in [6.07, 6.45) is 0. The van der Waals surface area contributed by atoms with Crippen LogP contribution in [0.2, 0.25) is 0 Å². The number of phenols is 1. The van der Waals surface area contributed by atoms with E-state index in [4.69, 9.17) is 5.11 Å². The number of benzene rings is 1. The molecule has 3 N–H and O–H groups in total. The Balaban J connectivity index is 2.07. The third kappa shape index (κ3) is 2.24. The molecule has 0 radical (unpaired) electrons. The van der Waals surface area contributed by atoms with Crippen LogP contribution in [-0.2, 0) is 4.79 Å². The zero-order valence-corrected chi connectivity index (χ0v) is 8.74. The van der Waals surface area contributed by atoms with Gasteiger partial charge in [0.05, 0.1) is 5.75 Å². The molecular formula is C10H11NO3S. The normalized spacial score (nSPS) is 25.3. The number of thioether (sulfide) groups is 1. The van der Waals surface area contributed by atoms with Crippen molar-refractivity contribution in [2.45, 2.75) is 11.4 Å². The van der Waals surface area contributed by atoms with Crippen LogP contribution in [0.3, 0.4) is 0 Å². The Morgan fingerprint density at radius 1 is 1.47 bits per heavy atom. The van der Waals surface area contributed by atoms with E-state index in [-0.39, 0.29) is 11.1 Å². The molecule has 1 fully saturated rings. The summed E-state index contributed by atoms with van der Waals surface area (Å²) in [6.45, 7) is 0. The Bertz CT molecular complexity index is 365. The number of phenolic OH excluding ortho intramolecular Hbond substituents is 1. The molecule has 2 atom stereocenters. The first-order chi connectivity index (χ1) is 7.16. The van der Waals surface area contributed by atoms with Crippen LogP contribution < -0.4 is 10.4 Å². The molecule has 2 rings (SSSR count). The number of carbonyl (C=O) groups is 1. The molecular weight excluding hydrogens is 214 g/mol. The standard InChI is InChI=1S/C10H11NO3S/c12-7-3-1-6(2-4-7)9-11-8(5-15-9)10(13)14/h1-4,8-9,11-12H,5H2,(H,13,14)/t8-,9-/m0/s1. The zero-order chi connectivity index (χ0) is 10.8. The lowest BCUT2D eigenvalue weighted by Gasteiger charge is -2.10. The van der Waals surface area contributed by atoms with Gasteiger partial charge >= 0.3 is 0 Å². The van der Waals surface area contributed by atoms with Crippen molar-refractivity contribution in [3.63, 3.8) is 0 Å². The number of quaternary nitrogens is 1. The van der Waals surface area contributed by atoms with Gasteiger partial charge in [0.15, 0.2) is 5.37 Å². The van der Waals surface area contributed by atoms with Gasteiger partial charge in [-0.1, -0.05) is 11.8 Å². The van der Waals surface area contributed by atoms with Crippen LogP contribution in [0.1, 0.15) is 10.9 Å². The van der Waals surface area contributed by atoms with Crippen molar-refractivity contribution in [1.29, 1.82) is 0 Å². The average Bonchev–Trinajstić information content (AvgIpc) is 2.68. The largest absolute Gasteiger partial charge is 0.544 e. The number of aromatic hydroxyl groups is 1. The third-order valence-corrected chi connectivity index (χ3v) is 3.73. The molecule has 80 valence electrons. The minimum atomic E-state index is -1.01. The monoisotopic (exact) mass is 225 g/mol. The molecule has 1 aromatic rings. The van der Waals surface area contributed by atoms with E-state index < -0.39 is 12.0 Å². The second-order valence-electron chi connectivity index (χ2n) is 3.46. The maximum atomic E-state index is 10.6. The van der Waals surface area contributed by atoms with Gasteiger partial charge in [0.25, 0.3) is 0 Å². The van der Waals surface area contributed by atoms with Crippen LogP contribution in [0.15, 0.2) is 24.3 Å². The fourth-order valence-corrected chi connectivity index (χ4v) is 2.86. The number of carboxylic acid groups (broad SMARTS) is 1. The highest BCUT2D eigenvalue weighted by Crippen LogP contribution is 2.27. The van der Waals surface area contributed by atoms with Gasteiger partial charge in [0.2, 0.25) is 0 Å². The van der Waals surface area contributed by atoms with Crippen molar-refractivity contribution in [1.82, 2.24) is 0 Å². The van der Waals surface area contributed by atoms with E-state index in [0.717, 1.165) is 5.56 Å². The summed E-state index contributed by atoms with van der Waals surface area (Å²) >= 11 is 1.58. The van der Waals surface area contributed by atoms with Crippen LogP contribution >= 0.6 is 11.8 Å². The van der Waals surface area contributed by atoms with Gasteiger partial charge in [0, 0.05) is 5.56 Å². The summed E-state index contributed by atoms with van der Waals surface area (Å²) < 4.78 is 0. The molecule has 1 heterocycles. The number of carbonyl (C=O) groups excluding carboxylic acids is 1. The molecule has 0 amide bonds. The Kier molecular flexibility index (Phi) is 2.83. The van der Waals surface area contributed by atoms with E-state index in [1.807, 2.05) is 0 Å². The van der Waals surface area contributed by atoms with Crippen LogP contribution in [0.4, 0.5) is 0 Å². The van der Waals surface area contributed by atoms with Crippen LogP contribution in [0, 0.1) is 0 Å². The Morgan fingerprint density at radius 3 is 2.67 bits per heavy atom. The van der Waals surface area contributed by atoms with Gasteiger partial charge in [-0.2, -0.15) is 0 Å². The van der Waals surface area contributed by atoms with E-state index in [9.17, 15) is 9.90 Å². The molecule has 0 aromatic heterocycles. The molecule has 1 aliphatic heterocycles. The molecule has 5 heteroatoms. The molecule has 0 bridgehead atoms. The van der Waals surface area contributed by atoms with E-state index in [0.29, 0.717) is 5.75 Å². The van der Waals surface area contributed by atoms with Gasteiger partial charge in [-0.05, 0) is 24.3 Å². The van der Waals surface area contributed by atoms with E-state index >= 15 is 0 Å². The molecule has 1 aliphatic rings. The number of hydrogen-bond acceptors (Lipinski definition) is 4. The smallest absolute Gasteiger partial charge is 0.159 e. The SMILES string of the molecule is O=C([O-])[C@@H]1CS[C@@H](c2ccc(O)cc2)[NH2+]1. The van der Waals surface area contributed by atoms with Crippen LogP contribution in [0.5, 0.6) is 5.75 Å². The first-order valence-electron chi connectivity index (χ1n) is 4.63. The lowest BCUT2D eigenvalue weighted by molar-refractivity contribution is -0.690. The van der Waals surface area contributed by atoms with Gasteiger partial charge in [-0.15, -0.1) is 0 Å². The third-order valence-electron chi connectivity index (χ3n) is 2.39. The number of aliphatic carboxylic acids is 1. The first kappa shape index (κ1) is 10.3. The summed E-state index contributed by atoms with van der Waals surface area (Å²) in [4.78, 5) is 10.6. The highest BCUT2D eigenvalue weighted by Gasteiger charge is 2.30. The predicted octanol–water partition coefficient (Wildman–Crippen LogP) is -1.18. The fraction of sp³-hybridized carbons (Fsp3) is 0.300. The minimum Gasteiger partial charge on any atom is -0.544 e. The van der Waals surface area contributed by atoms with Crippen molar-refractivity contribution in [2.75, 3.05) is 5.75 Å². The lowest BCUT2D eigenvalue weighted by atomic mass is 10.2. The lowest BCUT2D eigenvalue weighted by Crippen LogP contribution is -2.90. The van der Waals surface area contributed by atoms with Gasteiger partial charge in [-0.25, -0.2) is 0 Å². The maximum Gasteiger partial charge on any atom is 0.159 e. The Morgan fingerprint density at radius 2 is 2.13 bits per heavy atom. The Hall–Kier alpha value is -1.20. The number of rotatable bonds is 2. The molecule has 15 heavy (non-hydrogen) atoms. The first-order valence-corrected chi connectivity index (χ1v) is 5.68. The second-order valence-corrected chi connectivity index (χ2v) is 4.64. The molecule has 0 saturated carbocycles. The summed E-state index contributed by atoms with van der Waals surface area (Å²) in [5.74, 6) is -0.226. The number of hydrogen-bond donors (Lipinski definition) is 2. The van der Waals surface area contributed by atoms with E-state index in [1.165, 1.54) is 0 Å². The predicted molar refractivity (Wildman–Crippen MR) is 54.0 cm³/mol. The highest BCUT2D eigenvalue weighted by atomic mass is 32.2. The minimum absolute atomic E-state index is 0.0912. The molecule has 0 unspecified atom stereocenters. The van der Waals surface area contributed by atoms with E-state index in [1.54, 1.807) is 41.3 Å². The molecule has 0 aliphatic carbocycles. The van der Waals surface area contributed by atoms with Crippen LogP contribution in [0.25, 0.3) is 0 Å². The second kappa shape index (κ2) is 4.12. The van der Waals surface area contributed by atoms with Crippen molar-refractivity contribution in [2.24, 2.45) is 0 Å². The number of carboxylic acids is 1. The van der Waals surface area contributed by atoms with Gasteiger partial charge in [0.1, 0.15) is 17.8 Å². The van der Waals surface area contributed by atoms with Crippen molar-refractivity contribution in [3.05, 3.63) is 29.8 Å². The average molecular weight is 225 g/mol. The molecule has 0 spiro atoms. The van der Waals surface area contributed by atoms with Crippen molar-refractivity contribution < 1.29 is 20.3 Å². The quantitative estimate of drug-likeness (QED) is 0.664. The van der Waals surface area contributed by atoms with Gasteiger partial charge in [-0.3, -0.25) is 0 Å². The van der Waals surface area contributed by atoms with Crippen molar-refractivity contribution in [3.8, 4) is 5.75 Å². The van der Waals surface area contributed by atoms with Crippen LogP contribution in [-0.4, -0.2) is 22.9 Å². The summed E-state index contributed by atoms with van der Waals surface area (Å²) in [5.41, 5.74) is 1.02. The molecule has 1 saturated heterocycles. The Labute approximate surface area is 91.3 Å². The molecule has 1 aromatic carbocycles. The topological polar surface area (TPSA) is 77.0 Å². The summed E-state index contributed by atoms with van der Waals surface area (Å²) in [6, 6.07) is 6.36. The number of nitrogens with two attached hydrogens (primary N) is 1. The summed E-state index contributed by atoms with van der Waals surface area (Å²) in [7, 11) is 0. The maximum absolute atomic E-state index is 10.6.